The van der Waals surface area contributed by atoms with Crippen molar-refractivity contribution in [1.29, 1.82) is 0 Å². The van der Waals surface area contributed by atoms with Crippen LogP contribution >= 0.6 is 47.8 Å². The zero-order valence-corrected chi connectivity index (χ0v) is 56.9. The quantitative estimate of drug-likeness (QED) is 0.0880. The predicted octanol–water partition coefficient (Wildman–Crippen LogP) is 18.7. The number of hydrogen-bond acceptors (Lipinski definition) is 12. The molecule has 0 aliphatic rings. The number of halogens is 3. The Morgan fingerprint density at radius 1 is 0.250 bits per heavy atom. The van der Waals surface area contributed by atoms with E-state index >= 15 is 0 Å². The SMILES string of the molecule is Nc1nc(Cc2ccc(Br)cc2)nc(Cc2ccc(Br)cc2)c1-c1ccc(Br)cc1.Nc1nc(Cc2ccc3ccccc3c2)nc(Cc2ccc3ccccc3c2)c1-c1ccc2ccccc2c1.Nc1nc(Cc2cccnc2)nc(Cc2cccnc2)c1-c1cccnc1. The molecule has 0 aliphatic carbocycles. The van der Waals surface area contributed by atoms with Crippen LogP contribution in [0.2, 0.25) is 0 Å². The van der Waals surface area contributed by atoms with Crippen LogP contribution < -0.4 is 17.2 Å². The number of anilines is 3. The van der Waals surface area contributed by atoms with E-state index in [0.717, 1.165) is 92.2 Å². The Labute approximate surface area is 582 Å². The number of hydrogen-bond donors (Lipinski definition) is 3. The van der Waals surface area contributed by atoms with Gasteiger partial charge in [0.2, 0.25) is 0 Å². The van der Waals surface area contributed by atoms with Gasteiger partial charge in [-0.1, -0.05) is 224 Å². The normalized spacial score (nSPS) is 11.0. The van der Waals surface area contributed by atoms with Crippen LogP contribution in [0.25, 0.3) is 65.7 Å². The lowest BCUT2D eigenvalue weighted by Crippen LogP contribution is -2.09. The molecule has 0 unspecified atom stereocenters. The van der Waals surface area contributed by atoms with E-state index in [9.17, 15) is 0 Å². The first-order valence-electron chi connectivity index (χ1n) is 31.3. The summed E-state index contributed by atoms with van der Waals surface area (Å²) >= 11 is 10.5. The van der Waals surface area contributed by atoms with E-state index in [1.165, 1.54) is 49.0 Å². The van der Waals surface area contributed by atoms with E-state index in [1.54, 1.807) is 24.8 Å². The van der Waals surface area contributed by atoms with Gasteiger partial charge in [-0.15, -0.1) is 0 Å². The molecule has 15 heteroatoms. The van der Waals surface area contributed by atoms with Gasteiger partial charge in [0.05, 0.1) is 17.1 Å². The number of nitrogen functional groups attached to an aromatic ring is 3. The van der Waals surface area contributed by atoms with Gasteiger partial charge in [-0.25, -0.2) is 29.9 Å². The van der Waals surface area contributed by atoms with Crippen molar-refractivity contribution in [2.24, 2.45) is 0 Å². The van der Waals surface area contributed by atoms with Crippen molar-refractivity contribution in [1.82, 2.24) is 44.9 Å². The molecule has 12 nitrogen and oxygen atoms in total. The molecule has 0 amide bonds. The van der Waals surface area contributed by atoms with Gasteiger partial charge in [0.25, 0.3) is 0 Å². The fourth-order valence-electron chi connectivity index (χ4n) is 11.8. The highest BCUT2D eigenvalue weighted by atomic mass is 79.9. The van der Waals surface area contributed by atoms with Crippen LogP contribution in [-0.4, -0.2) is 44.9 Å². The highest BCUT2D eigenvalue weighted by molar-refractivity contribution is 9.11. The van der Waals surface area contributed by atoms with Crippen molar-refractivity contribution in [2.45, 2.75) is 38.5 Å². The molecular weight excluding hydrogens is 1380 g/mol. The van der Waals surface area contributed by atoms with Crippen molar-refractivity contribution >= 4 is 97.6 Å². The van der Waals surface area contributed by atoms with Crippen molar-refractivity contribution in [3.05, 3.63) is 355 Å². The van der Waals surface area contributed by atoms with Gasteiger partial charge < -0.3 is 17.2 Å². The third kappa shape index (κ3) is 16.1. The number of benzene rings is 9. The van der Waals surface area contributed by atoms with Crippen LogP contribution in [0.5, 0.6) is 0 Å². The van der Waals surface area contributed by atoms with E-state index in [1.807, 2.05) is 97.3 Å². The van der Waals surface area contributed by atoms with Crippen molar-refractivity contribution in [3.63, 3.8) is 0 Å². The van der Waals surface area contributed by atoms with Gasteiger partial charge in [0.15, 0.2) is 0 Å². The molecule has 0 fully saturated rings. The van der Waals surface area contributed by atoms with Crippen LogP contribution in [0.1, 0.15) is 67.9 Å². The Morgan fingerprint density at radius 2 is 0.583 bits per heavy atom. The molecule has 6 heterocycles. The standard InChI is InChI=1S/C36H27N3.C24H18Br3N3.C21H18N6/c37-36-35(32-18-17-28-9-3-6-12-31(28)23-32)33(21-24-13-15-26-7-1-4-10-29(26)19-24)38-34(39-36)22-25-14-16-27-8-2-5-11-30(27)20-25;25-18-7-1-15(2-8-18)13-21-23(17-5-11-20(27)12-6-17)24(28)30-22(29-21)14-16-3-9-19(26)10-4-16;22-21-20(17-6-3-9-25-14-17)18(10-15-4-1-7-23-12-15)26-19(27-21)11-16-5-2-8-24-13-16/h1-20,23H,21-22H2,(H2,37,38,39);1-12H,13-14H2,(H2,28,29,30);1-9,12-14H,10-11H2,(H2,22,26,27). The first-order chi connectivity index (χ1) is 47.0. The minimum Gasteiger partial charge on any atom is -0.383 e. The van der Waals surface area contributed by atoms with Gasteiger partial charge in [0.1, 0.15) is 34.9 Å². The van der Waals surface area contributed by atoms with Crippen molar-refractivity contribution in [3.8, 4) is 33.4 Å². The fourth-order valence-corrected chi connectivity index (χ4v) is 12.6. The topological polar surface area (TPSA) is 194 Å². The molecule has 9 aromatic carbocycles. The molecule has 0 saturated heterocycles. The zero-order chi connectivity index (χ0) is 65.7. The molecule has 15 rings (SSSR count). The highest BCUT2D eigenvalue weighted by Gasteiger charge is 2.20. The summed E-state index contributed by atoms with van der Waals surface area (Å²) < 4.78 is 3.12. The molecule has 0 aliphatic heterocycles. The van der Waals surface area contributed by atoms with Crippen LogP contribution in [0.3, 0.4) is 0 Å². The molecule has 0 saturated carbocycles. The number of fused-ring (bicyclic) bond motifs is 3. The summed E-state index contributed by atoms with van der Waals surface area (Å²) in [4.78, 5) is 41.5. The molecule has 468 valence electrons. The summed E-state index contributed by atoms with van der Waals surface area (Å²) in [6.45, 7) is 0. The molecule has 96 heavy (non-hydrogen) atoms. The Kier molecular flexibility index (Phi) is 20.1. The average molecular weight is 1440 g/mol. The maximum atomic E-state index is 6.74. The summed E-state index contributed by atoms with van der Waals surface area (Å²) in [5, 5.41) is 7.27. The summed E-state index contributed by atoms with van der Waals surface area (Å²) in [6.07, 6.45) is 14.5. The molecular formula is C81H63Br3N12. The van der Waals surface area contributed by atoms with Crippen LogP contribution in [0.15, 0.2) is 287 Å². The van der Waals surface area contributed by atoms with E-state index < -0.39 is 0 Å². The van der Waals surface area contributed by atoms with Gasteiger partial charge >= 0.3 is 0 Å². The van der Waals surface area contributed by atoms with E-state index in [2.05, 4.69) is 224 Å². The molecule has 15 aromatic rings. The summed E-state index contributed by atoms with van der Waals surface area (Å²) in [5.41, 5.74) is 34.7. The number of aromatic nitrogens is 9. The maximum Gasteiger partial charge on any atom is 0.135 e. The van der Waals surface area contributed by atoms with E-state index in [-0.39, 0.29) is 0 Å². The van der Waals surface area contributed by atoms with Crippen LogP contribution in [-0.2, 0) is 38.5 Å². The molecule has 6 aromatic heterocycles. The third-order valence-corrected chi connectivity index (χ3v) is 18.0. The number of nitrogens with zero attached hydrogens (tertiary/aromatic N) is 9. The predicted molar refractivity (Wildman–Crippen MR) is 400 cm³/mol. The van der Waals surface area contributed by atoms with Gasteiger partial charge in [-0.3, -0.25) is 15.0 Å². The van der Waals surface area contributed by atoms with Gasteiger partial charge in [0, 0.05) is 111 Å². The van der Waals surface area contributed by atoms with Crippen LogP contribution in [0, 0.1) is 0 Å². The first kappa shape index (κ1) is 64.0. The minimum atomic E-state index is 0.454. The lowest BCUT2D eigenvalue weighted by molar-refractivity contribution is 0.920. The second-order valence-corrected chi connectivity index (χ2v) is 26.0. The number of rotatable bonds is 15. The van der Waals surface area contributed by atoms with Crippen molar-refractivity contribution < 1.29 is 0 Å². The molecule has 0 bridgehead atoms. The van der Waals surface area contributed by atoms with Crippen molar-refractivity contribution in [2.75, 3.05) is 17.2 Å². The average Bonchev–Trinajstić information content (AvgIpc) is 0.815. The Balaban J connectivity index is 0.000000133. The van der Waals surface area contributed by atoms with Gasteiger partial charge in [-0.2, -0.15) is 0 Å². The van der Waals surface area contributed by atoms with Crippen LogP contribution in [0.4, 0.5) is 17.5 Å². The second-order valence-electron chi connectivity index (χ2n) is 23.2. The molecule has 0 atom stereocenters. The Bertz CT molecular complexity index is 5180. The lowest BCUT2D eigenvalue weighted by atomic mass is 9.96. The highest BCUT2D eigenvalue weighted by Crippen LogP contribution is 2.35. The van der Waals surface area contributed by atoms with E-state index in [4.69, 9.17) is 37.1 Å². The third-order valence-electron chi connectivity index (χ3n) is 16.4. The fraction of sp³-hybridized carbons (Fsp3) is 0.0741. The minimum absolute atomic E-state index is 0.454. The van der Waals surface area contributed by atoms with E-state index in [0.29, 0.717) is 61.8 Å². The maximum absolute atomic E-state index is 6.74. The monoisotopic (exact) mass is 1440 g/mol. The van der Waals surface area contributed by atoms with Gasteiger partial charge in [-0.05, 0) is 137 Å². The smallest absolute Gasteiger partial charge is 0.135 e. The first-order valence-corrected chi connectivity index (χ1v) is 33.7. The summed E-state index contributed by atoms with van der Waals surface area (Å²) in [6, 6.07) is 81.1. The molecule has 0 radical (unpaired) electrons. The summed E-state index contributed by atoms with van der Waals surface area (Å²) in [5.74, 6) is 3.62. The number of pyridine rings is 3. The Morgan fingerprint density at radius 3 is 1.05 bits per heavy atom. The lowest BCUT2D eigenvalue weighted by Gasteiger charge is -2.15. The second kappa shape index (κ2) is 30.1. The molecule has 0 spiro atoms. The Hall–Kier alpha value is -10.7. The molecule has 6 N–H and O–H groups in total. The zero-order valence-electron chi connectivity index (χ0n) is 52.1. The summed E-state index contributed by atoms with van der Waals surface area (Å²) in [7, 11) is 0. The number of nitrogens with two attached hydrogens (primary N) is 3. The largest absolute Gasteiger partial charge is 0.383 e.